The lowest BCUT2D eigenvalue weighted by Crippen LogP contribution is -2.46. The lowest BCUT2D eigenvalue weighted by Gasteiger charge is -2.28. The molecule has 1 aliphatic rings. The fourth-order valence-electron chi connectivity index (χ4n) is 1.86. The fraction of sp³-hybridized carbons (Fsp3) is 0.500. The van der Waals surface area contributed by atoms with Crippen LogP contribution in [0.2, 0.25) is 0 Å². The van der Waals surface area contributed by atoms with E-state index in [9.17, 15) is 0 Å². The van der Waals surface area contributed by atoms with Crippen LogP contribution in [0.1, 0.15) is 0 Å². The summed E-state index contributed by atoms with van der Waals surface area (Å²) in [6.07, 6.45) is 0. The van der Waals surface area contributed by atoms with Gasteiger partial charge < -0.3 is 20.2 Å². The molecule has 0 amide bonds. The third kappa shape index (κ3) is 3.01. The largest absolute Gasteiger partial charge is 0.493 e. The standard InChI is InChI=1S/C12H19N3O2/c1-16-11-4-3-10(9-12(11)17-2)14-15-7-5-13-6-8-15/h3-4,9,13-14H,5-8H2,1-2H3. The van der Waals surface area contributed by atoms with Crippen molar-refractivity contribution in [1.29, 1.82) is 0 Å². The van der Waals surface area contributed by atoms with Crippen molar-refractivity contribution in [2.75, 3.05) is 45.8 Å². The number of hydrogen-bond acceptors (Lipinski definition) is 5. The van der Waals surface area contributed by atoms with Crippen molar-refractivity contribution in [2.24, 2.45) is 0 Å². The van der Waals surface area contributed by atoms with Gasteiger partial charge in [-0.15, -0.1) is 0 Å². The molecule has 1 heterocycles. The van der Waals surface area contributed by atoms with Crippen LogP contribution in [0.4, 0.5) is 5.69 Å². The summed E-state index contributed by atoms with van der Waals surface area (Å²) in [7, 11) is 3.29. The van der Waals surface area contributed by atoms with Gasteiger partial charge in [0.2, 0.25) is 0 Å². The molecular formula is C12H19N3O2. The van der Waals surface area contributed by atoms with Gasteiger partial charge in [0.25, 0.3) is 0 Å². The molecule has 0 aliphatic carbocycles. The minimum absolute atomic E-state index is 0.743. The van der Waals surface area contributed by atoms with Crippen LogP contribution in [0.15, 0.2) is 18.2 Å². The number of benzene rings is 1. The van der Waals surface area contributed by atoms with Crippen molar-refractivity contribution in [2.45, 2.75) is 0 Å². The van der Waals surface area contributed by atoms with Crippen LogP contribution < -0.4 is 20.2 Å². The maximum Gasteiger partial charge on any atom is 0.162 e. The molecular weight excluding hydrogens is 218 g/mol. The zero-order valence-corrected chi connectivity index (χ0v) is 10.3. The smallest absolute Gasteiger partial charge is 0.162 e. The summed E-state index contributed by atoms with van der Waals surface area (Å²) in [5.41, 5.74) is 4.38. The summed E-state index contributed by atoms with van der Waals surface area (Å²) in [5.74, 6) is 1.49. The van der Waals surface area contributed by atoms with Gasteiger partial charge >= 0.3 is 0 Å². The lowest BCUT2D eigenvalue weighted by atomic mass is 10.3. The van der Waals surface area contributed by atoms with Gasteiger partial charge in [0.1, 0.15) is 0 Å². The number of anilines is 1. The SMILES string of the molecule is COc1ccc(NN2CCNCC2)cc1OC. The molecule has 1 fully saturated rings. The van der Waals surface area contributed by atoms with Crippen molar-refractivity contribution >= 4 is 5.69 Å². The molecule has 1 aromatic carbocycles. The molecule has 1 aromatic rings. The first-order chi connectivity index (χ1) is 8.33. The molecule has 5 heteroatoms. The lowest BCUT2D eigenvalue weighted by molar-refractivity contribution is 0.286. The molecule has 0 aromatic heterocycles. The summed E-state index contributed by atoms with van der Waals surface area (Å²) < 4.78 is 10.5. The highest BCUT2D eigenvalue weighted by Gasteiger charge is 2.10. The Balaban J connectivity index is 2.05. The second-order valence-electron chi connectivity index (χ2n) is 3.92. The third-order valence-electron chi connectivity index (χ3n) is 2.79. The van der Waals surface area contributed by atoms with E-state index in [0.717, 1.165) is 43.4 Å². The van der Waals surface area contributed by atoms with Crippen molar-refractivity contribution in [1.82, 2.24) is 10.3 Å². The van der Waals surface area contributed by atoms with E-state index < -0.39 is 0 Å². The second kappa shape index (κ2) is 5.75. The molecule has 1 saturated heterocycles. The topological polar surface area (TPSA) is 45.8 Å². The number of nitrogens with one attached hydrogen (secondary N) is 2. The molecule has 2 N–H and O–H groups in total. The van der Waals surface area contributed by atoms with E-state index in [1.807, 2.05) is 18.2 Å². The molecule has 0 unspecified atom stereocenters. The van der Waals surface area contributed by atoms with Crippen molar-refractivity contribution in [3.05, 3.63) is 18.2 Å². The first-order valence-electron chi connectivity index (χ1n) is 5.78. The molecule has 0 saturated carbocycles. The van der Waals surface area contributed by atoms with Gasteiger partial charge in [0.05, 0.1) is 19.9 Å². The van der Waals surface area contributed by atoms with Crippen molar-refractivity contribution in [3.8, 4) is 11.5 Å². The molecule has 0 radical (unpaired) electrons. The zero-order chi connectivity index (χ0) is 12.1. The van der Waals surface area contributed by atoms with E-state index in [1.54, 1.807) is 14.2 Å². The highest BCUT2D eigenvalue weighted by atomic mass is 16.5. The molecule has 0 atom stereocenters. The quantitative estimate of drug-likeness (QED) is 0.816. The highest BCUT2D eigenvalue weighted by Crippen LogP contribution is 2.29. The predicted molar refractivity (Wildman–Crippen MR) is 67.6 cm³/mol. The Morgan fingerprint density at radius 1 is 1.12 bits per heavy atom. The highest BCUT2D eigenvalue weighted by molar-refractivity contribution is 5.54. The Morgan fingerprint density at radius 3 is 2.47 bits per heavy atom. The summed E-state index contributed by atoms with van der Waals surface area (Å²) in [4.78, 5) is 0. The average Bonchev–Trinajstić information content (AvgIpc) is 2.40. The van der Waals surface area contributed by atoms with Crippen LogP contribution in [-0.4, -0.2) is 45.4 Å². The van der Waals surface area contributed by atoms with E-state index in [2.05, 4.69) is 15.8 Å². The van der Waals surface area contributed by atoms with E-state index in [-0.39, 0.29) is 0 Å². The van der Waals surface area contributed by atoms with Gasteiger partial charge in [-0.1, -0.05) is 0 Å². The molecule has 1 aliphatic heterocycles. The first-order valence-corrected chi connectivity index (χ1v) is 5.78. The van der Waals surface area contributed by atoms with Crippen LogP contribution in [0, 0.1) is 0 Å². The van der Waals surface area contributed by atoms with Crippen LogP contribution in [0.3, 0.4) is 0 Å². The zero-order valence-electron chi connectivity index (χ0n) is 10.3. The van der Waals surface area contributed by atoms with E-state index >= 15 is 0 Å². The van der Waals surface area contributed by atoms with E-state index in [4.69, 9.17) is 9.47 Å². The van der Waals surface area contributed by atoms with Crippen molar-refractivity contribution in [3.63, 3.8) is 0 Å². The number of rotatable bonds is 4. The van der Waals surface area contributed by atoms with Gasteiger partial charge in [0.15, 0.2) is 11.5 Å². The Hall–Kier alpha value is -1.46. The number of hydrazine groups is 1. The Bertz CT molecular complexity index is 365. The minimum Gasteiger partial charge on any atom is -0.493 e. The fourth-order valence-corrected chi connectivity index (χ4v) is 1.86. The van der Waals surface area contributed by atoms with Gasteiger partial charge in [-0.3, -0.25) is 0 Å². The van der Waals surface area contributed by atoms with Gasteiger partial charge in [-0.25, -0.2) is 5.01 Å². The monoisotopic (exact) mass is 237 g/mol. The van der Waals surface area contributed by atoms with Crippen LogP contribution in [0.25, 0.3) is 0 Å². The third-order valence-corrected chi connectivity index (χ3v) is 2.79. The van der Waals surface area contributed by atoms with Gasteiger partial charge in [-0.2, -0.15) is 0 Å². The summed E-state index contributed by atoms with van der Waals surface area (Å²) in [5, 5.41) is 5.51. The maximum absolute atomic E-state index is 5.27. The Morgan fingerprint density at radius 2 is 1.82 bits per heavy atom. The van der Waals surface area contributed by atoms with Crippen LogP contribution in [-0.2, 0) is 0 Å². The summed E-state index contributed by atoms with van der Waals surface area (Å²) in [6.45, 7) is 4.02. The number of ether oxygens (including phenoxy) is 2. The number of methoxy groups -OCH3 is 2. The van der Waals surface area contributed by atoms with Gasteiger partial charge in [-0.05, 0) is 12.1 Å². The molecule has 0 spiro atoms. The Labute approximate surface area is 102 Å². The molecule has 0 bridgehead atoms. The van der Waals surface area contributed by atoms with Gasteiger partial charge in [0, 0.05) is 32.2 Å². The number of hydrogen-bond donors (Lipinski definition) is 2. The average molecular weight is 237 g/mol. The number of nitrogens with zero attached hydrogens (tertiary/aromatic N) is 1. The van der Waals surface area contributed by atoms with Crippen LogP contribution in [0.5, 0.6) is 11.5 Å². The Kier molecular flexibility index (Phi) is 4.06. The molecule has 94 valence electrons. The minimum atomic E-state index is 0.743. The molecule has 5 nitrogen and oxygen atoms in total. The molecule has 2 rings (SSSR count). The predicted octanol–water partition coefficient (Wildman–Crippen LogP) is 0.936. The first kappa shape index (κ1) is 12.0. The van der Waals surface area contributed by atoms with Crippen molar-refractivity contribution < 1.29 is 9.47 Å². The summed E-state index contributed by atoms with van der Waals surface area (Å²) >= 11 is 0. The number of piperazine rings is 1. The van der Waals surface area contributed by atoms with E-state index in [1.165, 1.54) is 0 Å². The maximum atomic E-state index is 5.27. The van der Waals surface area contributed by atoms with Crippen LogP contribution >= 0.6 is 0 Å². The van der Waals surface area contributed by atoms with E-state index in [0.29, 0.717) is 0 Å². The molecule has 17 heavy (non-hydrogen) atoms. The second-order valence-corrected chi connectivity index (χ2v) is 3.92. The normalized spacial score (nSPS) is 16.6. The summed E-state index contributed by atoms with van der Waals surface area (Å²) in [6, 6.07) is 5.84.